The quantitative estimate of drug-likeness (QED) is 0.160. The van der Waals surface area contributed by atoms with Crippen molar-refractivity contribution in [1.82, 2.24) is 23.7 Å². The fraction of sp³-hybridized carbons (Fsp3) is 0. The van der Waals surface area contributed by atoms with E-state index in [0.717, 1.165) is 61.7 Å². The SMILES string of the molecule is c1ccc(-c2ccc(-c3cc(-c4ccccc4)nc(-c4ccc(-n5c6ccccc6c6cc7c8ccccc8n(-c8ccc9c(c8)c8ccccc8n9-c8ccccc8)c7cc65)cc4)n3)cc2)cc1. The van der Waals surface area contributed by atoms with E-state index in [-0.39, 0.29) is 0 Å². The predicted octanol–water partition coefficient (Wildman–Crippen LogP) is 16.4. The minimum absolute atomic E-state index is 0.683. The van der Waals surface area contributed by atoms with E-state index in [2.05, 4.69) is 250 Å². The van der Waals surface area contributed by atoms with Crippen molar-refractivity contribution in [3.8, 4) is 62.1 Å². The Labute approximate surface area is 398 Å². The summed E-state index contributed by atoms with van der Waals surface area (Å²) in [5.41, 5.74) is 17.5. The average Bonchev–Trinajstić information content (AvgIpc) is 4.06. The first-order valence-electron chi connectivity index (χ1n) is 23.5. The number of rotatable bonds is 7. The third-order valence-corrected chi connectivity index (χ3v) is 13.9. The van der Waals surface area contributed by atoms with Gasteiger partial charge in [-0.3, -0.25) is 0 Å². The zero-order chi connectivity index (χ0) is 45.4. The van der Waals surface area contributed by atoms with E-state index in [1.54, 1.807) is 0 Å². The Balaban J connectivity index is 0.920. The summed E-state index contributed by atoms with van der Waals surface area (Å²) in [7, 11) is 0. The highest BCUT2D eigenvalue weighted by Gasteiger charge is 2.21. The molecular weight excluding hydrogens is 839 g/mol. The van der Waals surface area contributed by atoms with Gasteiger partial charge in [-0.05, 0) is 102 Å². The summed E-state index contributed by atoms with van der Waals surface area (Å²) < 4.78 is 7.24. The average molecular weight is 880 g/mol. The van der Waals surface area contributed by atoms with Crippen molar-refractivity contribution in [3.63, 3.8) is 0 Å². The minimum Gasteiger partial charge on any atom is -0.309 e. The van der Waals surface area contributed by atoms with Crippen LogP contribution in [-0.4, -0.2) is 23.7 Å². The van der Waals surface area contributed by atoms with Crippen LogP contribution in [0.3, 0.4) is 0 Å². The van der Waals surface area contributed by atoms with Crippen molar-refractivity contribution in [3.05, 3.63) is 249 Å². The molecule has 0 bridgehead atoms. The maximum absolute atomic E-state index is 5.22. The first-order chi connectivity index (χ1) is 34.2. The van der Waals surface area contributed by atoms with E-state index in [0.29, 0.717) is 5.82 Å². The molecule has 0 N–H and O–H groups in total. The second-order valence-electron chi connectivity index (χ2n) is 17.8. The summed E-state index contributed by atoms with van der Waals surface area (Å²) in [6, 6.07) is 89.2. The smallest absolute Gasteiger partial charge is 0.160 e. The molecule has 0 radical (unpaired) electrons. The van der Waals surface area contributed by atoms with Crippen LogP contribution in [-0.2, 0) is 0 Å². The highest BCUT2D eigenvalue weighted by Crippen LogP contribution is 2.41. The zero-order valence-corrected chi connectivity index (χ0v) is 37.4. The van der Waals surface area contributed by atoms with Crippen LogP contribution in [0.25, 0.3) is 128 Å². The lowest BCUT2D eigenvalue weighted by Crippen LogP contribution is -1.98. The van der Waals surface area contributed by atoms with Gasteiger partial charge in [0, 0.05) is 66.1 Å². The fourth-order valence-electron chi connectivity index (χ4n) is 10.6. The lowest BCUT2D eigenvalue weighted by atomic mass is 10.0. The Morgan fingerprint density at radius 2 is 0.594 bits per heavy atom. The van der Waals surface area contributed by atoms with Crippen LogP contribution in [0, 0.1) is 0 Å². The van der Waals surface area contributed by atoms with E-state index in [1.807, 2.05) is 12.1 Å². The molecule has 322 valence electrons. The van der Waals surface area contributed by atoms with E-state index >= 15 is 0 Å². The molecule has 0 fully saturated rings. The van der Waals surface area contributed by atoms with Gasteiger partial charge in [0.25, 0.3) is 0 Å². The highest BCUT2D eigenvalue weighted by molar-refractivity contribution is 6.19. The molecule has 0 saturated heterocycles. The van der Waals surface area contributed by atoms with Crippen molar-refractivity contribution in [1.29, 1.82) is 0 Å². The summed E-state index contributed by atoms with van der Waals surface area (Å²) in [4.78, 5) is 10.4. The Morgan fingerprint density at radius 3 is 1.17 bits per heavy atom. The molecule has 5 nitrogen and oxygen atoms in total. The molecule has 0 amide bonds. The number of hydrogen-bond donors (Lipinski definition) is 0. The van der Waals surface area contributed by atoms with E-state index in [1.165, 1.54) is 60.0 Å². The number of para-hydroxylation sites is 4. The van der Waals surface area contributed by atoms with Gasteiger partial charge in [0.15, 0.2) is 5.82 Å². The normalized spacial score (nSPS) is 11.8. The summed E-state index contributed by atoms with van der Waals surface area (Å²) in [5.74, 6) is 0.683. The van der Waals surface area contributed by atoms with Crippen molar-refractivity contribution in [2.24, 2.45) is 0 Å². The highest BCUT2D eigenvalue weighted by atomic mass is 15.0. The molecule has 4 heterocycles. The molecule has 0 saturated carbocycles. The van der Waals surface area contributed by atoms with Crippen molar-refractivity contribution < 1.29 is 0 Å². The van der Waals surface area contributed by atoms with Gasteiger partial charge in [0.05, 0.1) is 44.5 Å². The second-order valence-corrected chi connectivity index (χ2v) is 17.8. The molecule has 0 aliphatic carbocycles. The van der Waals surface area contributed by atoms with Crippen LogP contribution in [0.4, 0.5) is 0 Å². The van der Waals surface area contributed by atoms with Crippen LogP contribution < -0.4 is 0 Å². The zero-order valence-electron chi connectivity index (χ0n) is 37.4. The summed E-state index contributed by atoms with van der Waals surface area (Å²) in [5, 5.41) is 7.34. The summed E-state index contributed by atoms with van der Waals surface area (Å²) in [6.07, 6.45) is 0. The van der Waals surface area contributed by atoms with Gasteiger partial charge in [0.1, 0.15) is 0 Å². The first kappa shape index (κ1) is 38.9. The molecule has 14 rings (SSSR count). The molecule has 5 heteroatoms. The molecule has 10 aromatic carbocycles. The molecule has 4 aromatic heterocycles. The maximum Gasteiger partial charge on any atom is 0.160 e. The number of aromatic nitrogens is 5. The largest absolute Gasteiger partial charge is 0.309 e. The Kier molecular flexibility index (Phi) is 8.83. The Bertz CT molecular complexity index is 4260. The van der Waals surface area contributed by atoms with Gasteiger partial charge in [-0.25, -0.2) is 9.97 Å². The fourth-order valence-corrected chi connectivity index (χ4v) is 10.6. The van der Waals surface area contributed by atoms with Crippen LogP contribution >= 0.6 is 0 Å². The maximum atomic E-state index is 5.22. The van der Waals surface area contributed by atoms with Crippen LogP contribution in [0.5, 0.6) is 0 Å². The van der Waals surface area contributed by atoms with Gasteiger partial charge in [-0.1, -0.05) is 158 Å². The second kappa shape index (κ2) is 15.7. The lowest BCUT2D eigenvalue weighted by Gasteiger charge is -2.12. The van der Waals surface area contributed by atoms with Crippen LogP contribution in [0.15, 0.2) is 249 Å². The molecule has 0 aliphatic heterocycles. The monoisotopic (exact) mass is 879 g/mol. The number of hydrogen-bond acceptors (Lipinski definition) is 2. The summed E-state index contributed by atoms with van der Waals surface area (Å²) >= 11 is 0. The standard InChI is InChI=1S/C64H41N5/c1-4-16-42(17-5-1)43-28-30-45(31-29-43)57-40-56(44-18-6-2-7-19-44)65-64(66-57)46-32-34-48(35-33-46)68-59-26-14-11-23-51(59)54-39-55-52-24-12-15-27-60(52)69(63(55)41-62(54)68)49-36-37-61-53(38-49)50-22-10-13-25-58(50)67(61)47-20-8-3-9-21-47/h1-41H. The number of benzene rings is 10. The third kappa shape index (κ3) is 6.32. The Morgan fingerprint density at radius 1 is 0.217 bits per heavy atom. The Hall–Kier alpha value is -9.32. The molecule has 69 heavy (non-hydrogen) atoms. The van der Waals surface area contributed by atoms with E-state index in [9.17, 15) is 0 Å². The van der Waals surface area contributed by atoms with Crippen molar-refractivity contribution in [2.45, 2.75) is 0 Å². The minimum atomic E-state index is 0.683. The lowest BCUT2D eigenvalue weighted by molar-refractivity contribution is 1.16. The molecular formula is C64H41N5. The molecule has 0 aliphatic rings. The van der Waals surface area contributed by atoms with Gasteiger partial charge >= 0.3 is 0 Å². The first-order valence-corrected chi connectivity index (χ1v) is 23.5. The third-order valence-electron chi connectivity index (χ3n) is 13.9. The van der Waals surface area contributed by atoms with Gasteiger partial charge in [-0.2, -0.15) is 0 Å². The van der Waals surface area contributed by atoms with Gasteiger partial charge in [-0.15, -0.1) is 0 Å². The van der Waals surface area contributed by atoms with E-state index < -0.39 is 0 Å². The molecule has 0 unspecified atom stereocenters. The molecule has 0 spiro atoms. The van der Waals surface area contributed by atoms with Crippen molar-refractivity contribution >= 4 is 65.4 Å². The van der Waals surface area contributed by atoms with Crippen molar-refractivity contribution in [2.75, 3.05) is 0 Å². The predicted molar refractivity (Wildman–Crippen MR) is 287 cm³/mol. The van der Waals surface area contributed by atoms with Gasteiger partial charge in [0.2, 0.25) is 0 Å². The number of nitrogens with zero attached hydrogens (tertiary/aromatic N) is 5. The van der Waals surface area contributed by atoms with Gasteiger partial charge < -0.3 is 13.7 Å². The van der Waals surface area contributed by atoms with E-state index in [4.69, 9.17) is 9.97 Å². The molecule has 14 aromatic rings. The summed E-state index contributed by atoms with van der Waals surface area (Å²) in [6.45, 7) is 0. The van der Waals surface area contributed by atoms with Crippen LogP contribution in [0.1, 0.15) is 0 Å². The molecule has 0 atom stereocenters. The topological polar surface area (TPSA) is 40.6 Å². The van der Waals surface area contributed by atoms with Crippen LogP contribution in [0.2, 0.25) is 0 Å². The number of fused-ring (bicyclic) bond motifs is 9.